The maximum atomic E-state index is 13.3. The lowest BCUT2D eigenvalue weighted by molar-refractivity contribution is 0.122. The smallest absolute Gasteiger partial charge is 0.205 e. The molecule has 1 fully saturated rings. The zero-order valence-electron chi connectivity index (χ0n) is 16.5. The van der Waals surface area contributed by atoms with Crippen molar-refractivity contribution in [2.24, 2.45) is 10.1 Å². The molecule has 0 radical (unpaired) electrons. The van der Waals surface area contributed by atoms with E-state index in [1.54, 1.807) is 19.2 Å². The summed E-state index contributed by atoms with van der Waals surface area (Å²) in [4.78, 5) is 7.45. The number of hydrogen-bond donors (Lipinski definition) is 0. The number of benzene rings is 2. The lowest BCUT2D eigenvalue weighted by Crippen LogP contribution is -2.36. The van der Waals surface area contributed by atoms with E-state index in [-0.39, 0.29) is 5.82 Å². The minimum atomic E-state index is -0.254. The molecule has 1 aromatic heterocycles. The minimum absolute atomic E-state index is 0.254. The second-order valence-electron chi connectivity index (χ2n) is 6.78. The van der Waals surface area contributed by atoms with Crippen molar-refractivity contribution in [2.45, 2.75) is 6.92 Å². The molecule has 0 atom stereocenters. The summed E-state index contributed by atoms with van der Waals surface area (Å²) in [5, 5.41) is 6.82. The van der Waals surface area contributed by atoms with E-state index in [1.807, 2.05) is 17.0 Å². The van der Waals surface area contributed by atoms with Gasteiger partial charge in [0.1, 0.15) is 5.82 Å². The molecule has 0 amide bonds. The van der Waals surface area contributed by atoms with Gasteiger partial charge in [-0.15, -0.1) is 11.3 Å². The zero-order chi connectivity index (χ0) is 20.2. The number of nitrogens with zero attached hydrogens (tertiary/aromatic N) is 4. The van der Waals surface area contributed by atoms with Gasteiger partial charge in [-0.2, -0.15) is 5.10 Å². The molecule has 1 aliphatic rings. The topological polar surface area (TPSA) is 42.1 Å². The molecule has 5 nitrogen and oxygen atoms in total. The summed E-state index contributed by atoms with van der Waals surface area (Å²) in [5.74, 6) is -0.254. The Hall–Kier alpha value is -2.77. The van der Waals surface area contributed by atoms with Crippen molar-refractivity contribution in [3.8, 4) is 11.3 Å². The summed E-state index contributed by atoms with van der Waals surface area (Å²) >= 11 is 1.51. The fourth-order valence-corrected chi connectivity index (χ4v) is 4.11. The second kappa shape index (κ2) is 8.71. The van der Waals surface area contributed by atoms with Crippen molar-refractivity contribution < 1.29 is 9.13 Å². The molecule has 0 saturated carbocycles. The van der Waals surface area contributed by atoms with Crippen molar-refractivity contribution in [3.63, 3.8) is 0 Å². The summed E-state index contributed by atoms with van der Waals surface area (Å²) in [6, 6.07) is 14.9. The van der Waals surface area contributed by atoms with Gasteiger partial charge in [0.05, 0.1) is 24.6 Å². The minimum Gasteiger partial charge on any atom is -0.378 e. The lowest BCUT2D eigenvalue weighted by atomic mass is 10.1. The van der Waals surface area contributed by atoms with Crippen molar-refractivity contribution >= 4 is 22.7 Å². The predicted molar refractivity (Wildman–Crippen MR) is 116 cm³/mol. The number of anilines is 1. The quantitative estimate of drug-likeness (QED) is 0.610. The number of thiazole rings is 1. The highest BCUT2D eigenvalue weighted by Crippen LogP contribution is 2.21. The standard InChI is InChI=1S/C22H23FN4OS/c1-16(17-5-9-20(10-6-17)26-11-13-28-14-12-26)25-27-21(15-29-22(27)24-2)18-3-7-19(23)8-4-18/h3-10,15H,11-14H2,1-2H3. The average molecular weight is 411 g/mol. The Morgan fingerprint density at radius 1 is 1.03 bits per heavy atom. The van der Waals surface area contributed by atoms with E-state index < -0.39 is 0 Å². The predicted octanol–water partition coefficient (Wildman–Crippen LogP) is 4.00. The maximum absolute atomic E-state index is 13.3. The van der Waals surface area contributed by atoms with E-state index in [0.29, 0.717) is 0 Å². The van der Waals surface area contributed by atoms with Crippen LogP contribution in [-0.4, -0.2) is 43.7 Å². The third-order valence-electron chi connectivity index (χ3n) is 4.93. The maximum Gasteiger partial charge on any atom is 0.205 e. The molecule has 29 heavy (non-hydrogen) atoms. The third-order valence-corrected chi connectivity index (χ3v) is 5.84. The molecular weight excluding hydrogens is 387 g/mol. The number of morpholine rings is 1. The highest BCUT2D eigenvalue weighted by atomic mass is 32.1. The van der Waals surface area contributed by atoms with Crippen LogP contribution in [0.3, 0.4) is 0 Å². The monoisotopic (exact) mass is 410 g/mol. The van der Waals surface area contributed by atoms with E-state index in [1.165, 1.54) is 29.2 Å². The molecule has 7 heteroatoms. The lowest BCUT2D eigenvalue weighted by Gasteiger charge is -2.28. The molecule has 4 rings (SSSR count). The molecule has 150 valence electrons. The van der Waals surface area contributed by atoms with Crippen LogP contribution >= 0.6 is 11.3 Å². The first-order valence-corrected chi connectivity index (χ1v) is 10.4. The van der Waals surface area contributed by atoms with Crippen LogP contribution in [0.15, 0.2) is 64.0 Å². The van der Waals surface area contributed by atoms with E-state index in [2.05, 4.69) is 34.2 Å². The molecule has 0 bridgehead atoms. The van der Waals surface area contributed by atoms with Crippen LogP contribution in [0.4, 0.5) is 10.1 Å². The van der Waals surface area contributed by atoms with Gasteiger partial charge in [-0.05, 0) is 48.9 Å². The first kappa shape index (κ1) is 19.5. The fourth-order valence-electron chi connectivity index (χ4n) is 3.31. The molecule has 2 aromatic carbocycles. The van der Waals surface area contributed by atoms with Crippen molar-refractivity contribution in [3.05, 3.63) is 70.1 Å². The molecule has 2 heterocycles. The Balaban J connectivity index is 1.65. The summed E-state index contributed by atoms with van der Waals surface area (Å²) in [5.41, 5.74) is 4.92. The summed E-state index contributed by atoms with van der Waals surface area (Å²) in [7, 11) is 1.75. The number of ether oxygens (including phenoxy) is 1. The molecule has 0 aliphatic carbocycles. The van der Waals surface area contributed by atoms with Gasteiger partial charge in [0.25, 0.3) is 0 Å². The van der Waals surface area contributed by atoms with Crippen LogP contribution in [0.2, 0.25) is 0 Å². The molecule has 0 N–H and O–H groups in total. The van der Waals surface area contributed by atoms with Crippen LogP contribution in [-0.2, 0) is 4.74 Å². The first-order valence-electron chi connectivity index (χ1n) is 9.54. The molecule has 0 spiro atoms. The number of rotatable bonds is 4. The van der Waals surface area contributed by atoms with Gasteiger partial charge in [0, 0.05) is 36.8 Å². The molecule has 1 aliphatic heterocycles. The van der Waals surface area contributed by atoms with E-state index in [4.69, 9.17) is 9.84 Å². The zero-order valence-corrected chi connectivity index (χ0v) is 17.3. The SMILES string of the molecule is CN=c1scc(-c2ccc(F)cc2)n1N=C(C)c1ccc(N2CCOCC2)cc1. The Kier molecular flexibility index (Phi) is 5.87. The van der Waals surface area contributed by atoms with Gasteiger partial charge in [-0.3, -0.25) is 4.99 Å². The summed E-state index contributed by atoms with van der Waals surface area (Å²) < 4.78 is 20.6. The van der Waals surface area contributed by atoms with E-state index in [9.17, 15) is 4.39 Å². The van der Waals surface area contributed by atoms with Gasteiger partial charge in [-0.25, -0.2) is 9.07 Å². The van der Waals surface area contributed by atoms with Crippen LogP contribution in [0, 0.1) is 5.82 Å². The van der Waals surface area contributed by atoms with E-state index in [0.717, 1.165) is 53.6 Å². The Bertz CT molecular complexity index is 1060. The Morgan fingerprint density at radius 3 is 2.38 bits per heavy atom. The highest BCUT2D eigenvalue weighted by molar-refractivity contribution is 7.07. The van der Waals surface area contributed by atoms with Crippen LogP contribution in [0.5, 0.6) is 0 Å². The fraction of sp³-hybridized carbons (Fsp3) is 0.273. The van der Waals surface area contributed by atoms with Gasteiger partial charge in [-0.1, -0.05) is 12.1 Å². The van der Waals surface area contributed by atoms with Crippen LogP contribution < -0.4 is 9.70 Å². The molecule has 3 aromatic rings. The normalized spacial score (nSPS) is 15.8. The highest BCUT2D eigenvalue weighted by Gasteiger charge is 2.12. The first-order chi connectivity index (χ1) is 14.2. The number of hydrogen-bond acceptors (Lipinski definition) is 5. The average Bonchev–Trinajstić information content (AvgIpc) is 3.17. The van der Waals surface area contributed by atoms with Gasteiger partial charge in [0.15, 0.2) is 0 Å². The van der Waals surface area contributed by atoms with Crippen molar-refractivity contribution in [1.29, 1.82) is 0 Å². The van der Waals surface area contributed by atoms with Crippen molar-refractivity contribution in [2.75, 3.05) is 38.3 Å². The molecule has 0 unspecified atom stereocenters. The third kappa shape index (κ3) is 4.31. The Morgan fingerprint density at radius 2 is 1.72 bits per heavy atom. The second-order valence-corrected chi connectivity index (χ2v) is 7.61. The molecule has 1 saturated heterocycles. The van der Waals surface area contributed by atoms with Gasteiger partial charge < -0.3 is 9.64 Å². The van der Waals surface area contributed by atoms with Gasteiger partial charge in [0.2, 0.25) is 4.80 Å². The Labute approximate surface area is 173 Å². The largest absolute Gasteiger partial charge is 0.378 e. The molecular formula is C22H23FN4OS. The van der Waals surface area contributed by atoms with E-state index >= 15 is 0 Å². The summed E-state index contributed by atoms with van der Waals surface area (Å²) in [6.45, 7) is 5.36. The number of halogens is 1. The van der Waals surface area contributed by atoms with Crippen LogP contribution in [0.1, 0.15) is 12.5 Å². The summed E-state index contributed by atoms with van der Waals surface area (Å²) in [6.07, 6.45) is 0. The van der Waals surface area contributed by atoms with Crippen LogP contribution in [0.25, 0.3) is 11.3 Å². The van der Waals surface area contributed by atoms with Crippen molar-refractivity contribution in [1.82, 2.24) is 4.68 Å². The van der Waals surface area contributed by atoms with Gasteiger partial charge >= 0.3 is 0 Å². The number of aromatic nitrogens is 1.